The van der Waals surface area contributed by atoms with Crippen LogP contribution in [0.5, 0.6) is 0 Å². The number of aromatic nitrogens is 2. The number of nitrogens with zero attached hydrogens (tertiary/aromatic N) is 3. The maximum Gasteiger partial charge on any atom is 0.269 e. The Morgan fingerprint density at radius 2 is 2.05 bits per heavy atom. The Hall–Kier alpha value is -2.70. The van der Waals surface area contributed by atoms with Crippen LogP contribution in [-0.2, 0) is 6.67 Å². The molecule has 0 radical (unpaired) electrons. The zero-order valence-electron chi connectivity index (χ0n) is 10.2. The lowest BCUT2D eigenvalue weighted by Crippen LogP contribution is -2.27. The highest BCUT2D eigenvalue weighted by molar-refractivity contribution is 5.94. The molecule has 2 rings (SSSR count). The Labute approximate surface area is 109 Å². The molecule has 0 atom stereocenters. The van der Waals surface area contributed by atoms with Crippen molar-refractivity contribution in [3.8, 4) is 0 Å². The lowest BCUT2D eigenvalue weighted by molar-refractivity contribution is -0.384. The highest BCUT2D eigenvalue weighted by Crippen LogP contribution is 2.11. The van der Waals surface area contributed by atoms with Crippen molar-refractivity contribution in [3.63, 3.8) is 0 Å². The smallest absolute Gasteiger partial charge is 0.269 e. The quantitative estimate of drug-likeness (QED) is 0.666. The first kappa shape index (κ1) is 12.7. The van der Waals surface area contributed by atoms with E-state index in [2.05, 4.69) is 10.4 Å². The topological polar surface area (TPSA) is 90.1 Å². The minimum Gasteiger partial charge on any atom is -0.333 e. The lowest BCUT2D eigenvalue weighted by Gasteiger charge is -2.06. The number of hydrogen-bond acceptors (Lipinski definition) is 4. The molecular formula is C12H12N4O3. The standard InChI is InChI=1S/C12H12N4O3/c1-9-6-7-14-15(9)8-13-12(17)10-2-4-11(5-3-10)16(18)19/h2-7H,8H2,1H3,(H,13,17). The summed E-state index contributed by atoms with van der Waals surface area (Å²) in [4.78, 5) is 21.8. The van der Waals surface area contributed by atoms with Gasteiger partial charge in [0.1, 0.15) is 6.67 Å². The van der Waals surface area contributed by atoms with E-state index >= 15 is 0 Å². The lowest BCUT2D eigenvalue weighted by atomic mass is 10.2. The van der Waals surface area contributed by atoms with Crippen LogP contribution in [0.1, 0.15) is 16.1 Å². The molecule has 0 spiro atoms. The van der Waals surface area contributed by atoms with Crippen LogP contribution in [0, 0.1) is 17.0 Å². The van der Waals surface area contributed by atoms with Crippen molar-refractivity contribution in [2.24, 2.45) is 0 Å². The normalized spacial score (nSPS) is 10.2. The minimum atomic E-state index is -0.505. The van der Waals surface area contributed by atoms with Gasteiger partial charge in [0.15, 0.2) is 0 Å². The van der Waals surface area contributed by atoms with E-state index in [1.54, 1.807) is 10.9 Å². The summed E-state index contributed by atoms with van der Waals surface area (Å²) in [6.07, 6.45) is 1.65. The molecule has 0 aliphatic carbocycles. The van der Waals surface area contributed by atoms with Crippen LogP contribution in [0.25, 0.3) is 0 Å². The number of carbonyl (C=O) groups excluding carboxylic acids is 1. The van der Waals surface area contributed by atoms with E-state index in [0.717, 1.165) is 5.69 Å². The molecule has 7 nitrogen and oxygen atoms in total. The number of rotatable bonds is 4. The molecule has 0 bridgehead atoms. The largest absolute Gasteiger partial charge is 0.333 e. The second-order valence-electron chi connectivity index (χ2n) is 3.94. The van der Waals surface area contributed by atoms with Crippen LogP contribution in [0.15, 0.2) is 36.5 Å². The molecule has 0 saturated heterocycles. The molecule has 1 aromatic heterocycles. The highest BCUT2D eigenvalue weighted by atomic mass is 16.6. The fraction of sp³-hybridized carbons (Fsp3) is 0.167. The molecular weight excluding hydrogens is 248 g/mol. The third kappa shape index (κ3) is 2.95. The number of benzene rings is 1. The third-order valence-corrected chi connectivity index (χ3v) is 2.66. The zero-order valence-corrected chi connectivity index (χ0v) is 10.2. The van der Waals surface area contributed by atoms with Crippen molar-refractivity contribution in [3.05, 3.63) is 57.9 Å². The van der Waals surface area contributed by atoms with Gasteiger partial charge in [-0.05, 0) is 25.1 Å². The van der Waals surface area contributed by atoms with E-state index in [1.807, 2.05) is 13.0 Å². The van der Waals surface area contributed by atoms with E-state index in [-0.39, 0.29) is 18.3 Å². The second kappa shape index (κ2) is 5.30. The third-order valence-electron chi connectivity index (χ3n) is 2.66. The second-order valence-corrected chi connectivity index (χ2v) is 3.94. The molecule has 98 valence electrons. The number of aryl methyl sites for hydroxylation is 1. The molecule has 0 unspecified atom stereocenters. The molecule has 0 fully saturated rings. The fourth-order valence-corrected chi connectivity index (χ4v) is 1.55. The maximum atomic E-state index is 11.8. The van der Waals surface area contributed by atoms with Crippen LogP contribution in [0.3, 0.4) is 0 Å². The van der Waals surface area contributed by atoms with E-state index in [4.69, 9.17) is 0 Å². The van der Waals surface area contributed by atoms with Crippen LogP contribution in [0.4, 0.5) is 5.69 Å². The van der Waals surface area contributed by atoms with Crippen molar-refractivity contribution in [2.75, 3.05) is 0 Å². The van der Waals surface area contributed by atoms with Gasteiger partial charge in [-0.3, -0.25) is 19.6 Å². The summed E-state index contributed by atoms with van der Waals surface area (Å²) in [6.45, 7) is 2.14. The molecule has 1 heterocycles. The van der Waals surface area contributed by atoms with Crippen LogP contribution >= 0.6 is 0 Å². The minimum absolute atomic E-state index is 0.0422. The van der Waals surface area contributed by atoms with Gasteiger partial charge in [0.05, 0.1) is 4.92 Å². The van der Waals surface area contributed by atoms with Gasteiger partial charge in [-0.15, -0.1) is 0 Å². The first-order chi connectivity index (χ1) is 9.08. The number of non-ortho nitro benzene ring substituents is 1. The van der Waals surface area contributed by atoms with E-state index in [9.17, 15) is 14.9 Å². The van der Waals surface area contributed by atoms with Crippen LogP contribution < -0.4 is 5.32 Å². The van der Waals surface area contributed by atoms with Gasteiger partial charge >= 0.3 is 0 Å². The molecule has 2 aromatic rings. The number of amides is 1. The summed E-state index contributed by atoms with van der Waals surface area (Å²) in [5.41, 5.74) is 1.26. The SMILES string of the molecule is Cc1ccnn1CNC(=O)c1ccc([N+](=O)[O-])cc1. The van der Waals surface area contributed by atoms with Crippen molar-refractivity contribution >= 4 is 11.6 Å². The Morgan fingerprint density at radius 1 is 1.37 bits per heavy atom. The molecule has 0 aliphatic heterocycles. The number of carbonyl (C=O) groups is 1. The molecule has 19 heavy (non-hydrogen) atoms. The predicted octanol–water partition coefficient (Wildman–Crippen LogP) is 1.49. The zero-order chi connectivity index (χ0) is 13.8. The van der Waals surface area contributed by atoms with E-state index < -0.39 is 4.92 Å². The molecule has 7 heteroatoms. The van der Waals surface area contributed by atoms with Crippen molar-refractivity contribution in [1.29, 1.82) is 0 Å². The Bertz CT molecular complexity index is 604. The predicted molar refractivity (Wildman–Crippen MR) is 67.5 cm³/mol. The van der Waals surface area contributed by atoms with Gasteiger partial charge in [-0.1, -0.05) is 0 Å². The molecule has 0 saturated carbocycles. The average Bonchev–Trinajstić information content (AvgIpc) is 2.81. The van der Waals surface area contributed by atoms with Crippen molar-refractivity contribution < 1.29 is 9.72 Å². The van der Waals surface area contributed by atoms with E-state index in [1.165, 1.54) is 24.3 Å². The highest BCUT2D eigenvalue weighted by Gasteiger charge is 2.09. The summed E-state index contributed by atoms with van der Waals surface area (Å²) in [5.74, 6) is -0.301. The van der Waals surface area contributed by atoms with Crippen LogP contribution in [0.2, 0.25) is 0 Å². The summed E-state index contributed by atoms with van der Waals surface area (Å²) in [5, 5.41) is 17.2. The van der Waals surface area contributed by atoms with Gasteiger partial charge < -0.3 is 5.32 Å². The summed E-state index contributed by atoms with van der Waals surface area (Å²) in [7, 11) is 0. The van der Waals surface area contributed by atoms with E-state index in [0.29, 0.717) is 5.56 Å². The number of nitro benzene ring substituents is 1. The number of nitro groups is 1. The molecule has 1 aromatic carbocycles. The fourth-order valence-electron chi connectivity index (χ4n) is 1.55. The first-order valence-electron chi connectivity index (χ1n) is 5.59. The van der Waals surface area contributed by atoms with Gasteiger partial charge in [-0.2, -0.15) is 5.10 Å². The van der Waals surface area contributed by atoms with Gasteiger partial charge in [0.25, 0.3) is 11.6 Å². The van der Waals surface area contributed by atoms with Crippen molar-refractivity contribution in [1.82, 2.24) is 15.1 Å². The summed E-state index contributed by atoms with van der Waals surface area (Å²) in [6, 6.07) is 7.27. The van der Waals surface area contributed by atoms with Crippen LogP contribution in [-0.4, -0.2) is 20.6 Å². The van der Waals surface area contributed by atoms with Gasteiger partial charge in [0, 0.05) is 29.6 Å². The first-order valence-corrected chi connectivity index (χ1v) is 5.59. The Balaban J connectivity index is 2.00. The number of nitrogens with one attached hydrogen (secondary N) is 1. The average molecular weight is 260 g/mol. The van der Waals surface area contributed by atoms with Gasteiger partial charge in [0.2, 0.25) is 0 Å². The summed E-state index contributed by atoms with van der Waals surface area (Å²) >= 11 is 0. The molecule has 1 amide bonds. The summed E-state index contributed by atoms with van der Waals surface area (Å²) < 4.78 is 1.64. The maximum absolute atomic E-state index is 11.8. The Kier molecular flexibility index (Phi) is 3.56. The van der Waals surface area contributed by atoms with Gasteiger partial charge in [-0.25, -0.2) is 0 Å². The molecule has 0 aliphatic rings. The number of hydrogen-bond donors (Lipinski definition) is 1. The molecule has 1 N–H and O–H groups in total. The Morgan fingerprint density at radius 3 is 2.58 bits per heavy atom. The van der Waals surface area contributed by atoms with Crippen molar-refractivity contribution in [2.45, 2.75) is 13.6 Å². The monoisotopic (exact) mass is 260 g/mol.